The van der Waals surface area contributed by atoms with Crippen molar-refractivity contribution in [3.8, 4) is 0 Å². The van der Waals surface area contributed by atoms with E-state index in [4.69, 9.17) is 14.6 Å². The molecule has 14 heavy (non-hydrogen) atoms. The number of nitrogens with two attached hydrogens (primary N) is 1. The van der Waals surface area contributed by atoms with Gasteiger partial charge in [0, 0.05) is 14.2 Å². The van der Waals surface area contributed by atoms with Crippen molar-refractivity contribution >= 4 is 14.5 Å². The molecule has 0 atom stereocenters. The Hall–Kier alpha value is -0.683. The van der Waals surface area contributed by atoms with Crippen LogP contribution in [0.25, 0.3) is 0 Å². The molecular formula is C10H16NO2Si. The first-order valence-electron chi connectivity index (χ1n) is 4.56. The molecule has 77 valence electrons. The second kappa shape index (κ2) is 5.92. The van der Waals surface area contributed by atoms with Gasteiger partial charge in [0.15, 0.2) is 0 Å². The van der Waals surface area contributed by atoms with Gasteiger partial charge >= 0.3 is 9.28 Å². The van der Waals surface area contributed by atoms with E-state index in [9.17, 15) is 0 Å². The third kappa shape index (κ3) is 2.65. The number of benzene rings is 1. The van der Waals surface area contributed by atoms with Crippen molar-refractivity contribution in [2.45, 2.75) is 6.42 Å². The molecule has 0 saturated heterocycles. The second-order valence-corrected chi connectivity index (χ2v) is 4.82. The van der Waals surface area contributed by atoms with Crippen LogP contribution in [0.2, 0.25) is 0 Å². The summed E-state index contributed by atoms with van der Waals surface area (Å²) < 4.78 is 10.6. The molecule has 0 heterocycles. The molecule has 1 aromatic carbocycles. The molecule has 0 amide bonds. The van der Waals surface area contributed by atoms with Crippen LogP contribution < -0.4 is 10.9 Å². The Bertz CT molecular complexity index is 277. The van der Waals surface area contributed by atoms with Crippen LogP contribution in [-0.4, -0.2) is 30.0 Å². The Kier molecular flexibility index (Phi) is 4.82. The zero-order valence-corrected chi connectivity index (χ0v) is 9.62. The highest BCUT2D eigenvalue weighted by atomic mass is 28.3. The fourth-order valence-corrected chi connectivity index (χ4v) is 2.71. The van der Waals surface area contributed by atoms with Gasteiger partial charge in [0.1, 0.15) is 0 Å². The monoisotopic (exact) mass is 210 g/mol. The van der Waals surface area contributed by atoms with E-state index >= 15 is 0 Å². The van der Waals surface area contributed by atoms with E-state index in [2.05, 4.69) is 6.07 Å². The van der Waals surface area contributed by atoms with Gasteiger partial charge in [0.05, 0.1) is 0 Å². The summed E-state index contributed by atoms with van der Waals surface area (Å²) in [7, 11) is 2.05. The lowest BCUT2D eigenvalue weighted by atomic mass is 10.1. The maximum atomic E-state index is 5.54. The minimum atomic E-state index is -1.31. The van der Waals surface area contributed by atoms with Crippen molar-refractivity contribution in [3.05, 3.63) is 29.8 Å². The smallest absolute Gasteiger partial charge is 0.393 e. The van der Waals surface area contributed by atoms with Gasteiger partial charge in [0.25, 0.3) is 0 Å². The van der Waals surface area contributed by atoms with E-state index in [1.807, 2.05) is 18.2 Å². The Morgan fingerprint density at radius 2 is 1.86 bits per heavy atom. The first-order valence-corrected chi connectivity index (χ1v) is 5.88. The molecule has 1 aromatic rings. The van der Waals surface area contributed by atoms with Gasteiger partial charge < -0.3 is 14.6 Å². The van der Waals surface area contributed by atoms with Crippen LogP contribution in [0.1, 0.15) is 5.56 Å². The third-order valence-electron chi connectivity index (χ3n) is 2.02. The summed E-state index contributed by atoms with van der Waals surface area (Å²) in [5, 5.41) is 1.16. The Morgan fingerprint density at radius 3 is 2.43 bits per heavy atom. The predicted molar refractivity (Wildman–Crippen MR) is 58.6 cm³/mol. The normalized spacial score (nSPS) is 10.9. The molecule has 3 nitrogen and oxygen atoms in total. The van der Waals surface area contributed by atoms with Crippen molar-refractivity contribution in [3.63, 3.8) is 0 Å². The van der Waals surface area contributed by atoms with Crippen LogP contribution in [0.3, 0.4) is 0 Å². The van der Waals surface area contributed by atoms with Gasteiger partial charge in [-0.2, -0.15) is 0 Å². The topological polar surface area (TPSA) is 44.5 Å². The lowest BCUT2D eigenvalue weighted by molar-refractivity contribution is 0.291. The van der Waals surface area contributed by atoms with E-state index in [0.717, 1.165) is 11.6 Å². The van der Waals surface area contributed by atoms with Crippen LogP contribution in [0.5, 0.6) is 0 Å². The lowest BCUT2D eigenvalue weighted by Gasteiger charge is -2.13. The molecule has 0 aliphatic carbocycles. The van der Waals surface area contributed by atoms with Crippen molar-refractivity contribution in [1.29, 1.82) is 0 Å². The van der Waals surface area contributed by atoms with Crippen LogP contribution in [0.15, 0.2) is 24.3 Å². The Balaban J connectivity index is 2.92. The molecule has 1 radical (unpaired) electrons. The van der Waals surface area contributed by atoms with Gasteiger partial charge in [-0.05, 0) is 23.7 Å². The molecule has 0 bridgehead atoms. The summed E-state index contributed by atoms with van der Waals surface area (Å²) in [6, 6.07) is 8.13. The zero-order chi connectivity index (χ0) is 10.4. The molecule has 0 fully saturated rings. The van der Waals surface area contributed by atoms with Gasteiger partial charge in [-0.1, -0.05) is 24.3 Å². The fourth-order valence-electron chi connectivity index (χ4n) is 1.40. The highest BCUT2D eigenvalue weighted by molar-refractivity contribution is 6.61. The molecule has 1 rings (SSSR count). The lowest BCUT2D eigenvalue weighted by Crippen LogP contribution is -2.37. The average molecular weight is 210 g/mol. The number of rotatable bonds is 5. The van der Waals surface area contributed by atoms with Crippen molar-refractivity contribution in [1.82, 2.24) is 0 Å². The molecule has 0 aliphatic heterocycles. The maximum absolute atomic E-state index is 5.54. The van der Waals surface area contributed by atoms with E-state index in [-0.39, 0.29) is 0 Å². The molecule has 4 heteroatoms. The molecule has 0 spiro atoms. The van der Waals surface area contributed by atoms with Gasteiger partial charge in [-0.25, -0.2) is 0 Å². The quantitative estimate of drug-likeness (QED) is 0.705. The van der Waals surface area contributed by atoms with Crippen molar-refractivity contribution < 1.29 is 8.85 Å². The van der Waals surface area contributed by atoms with E-state index < -0.39 is 9.28 Å². The summed E-state index contributed by atoms with van der Waals surface area (Å²) in [4.78, 5) is 0. The standard InChI is InChI=1S/C10H16NO2Si/c1-12-14(13-2)10-6-4-3-5-9(10)7-8-11/h3-6H,7-8,11H2,1-2H3. The minimum Gasteiger partial charge on any atom is -0.393 e. The first kappa shape index (κ1) is 11.4. The highest BCUT2D eigenvalue weighted by Gasteiger charge is 2.18. The third-order valence-corrected chi connectivity index (χ3v) is 3.69. The Labute approximate surface area is 86.7 Å². The molecule has 0 unspecified atom stereocenters. The van der Waals surface area contributed by atoms with E-state index in [1.165, 1.54) is 5.56 Å². The van der Waals surface area contributed by atoms with Crippen LogP contribution in [0, 0.1) is 0 Å². The second-order valence-electron chi connectivity index (χ2n) is 2.89. The van der Waals surface area contributed by atoms with Gasteiger partial charge in [-0.15, -0.1) is 0 Å². The van der Waals surface area contributed by atoms with Crippen molar-refractivity contribution in [2.24, 2.45) is 5.73 Å². The minimum absolute atomic E-state index is 0.652. The largest absolute Gasteiger partial charge is 0.423 e. The molecule has 0 aliphatic rings. The summed E-state index contributed by atoms with van der Waals surface area (Å²) in [6.07, 6.45) is 0.872. The molecule has 2 N–H and O–H groups in total. The van der Waals surface area contributed by atoms with Gasteiger partial charge in [-0.3, -0.25) is 0 Å². The zero-order valence-electron chi connectivity index (χ0n) is 8.62. The Morgan fingerprint density at radius 1 is 1.21 bits per heavy atom. The number of hydrogen-bond acceptors (Lipinski definition) is 3. The van der Waals surface area contributed by atoms with Crippen LogP contribution in [-0.2, 0) is 15.3 Å². The van der Waals surface area contributed by atoms with Crippen molar-refractivity contribution in [2.75, 3.05) is 20.8 Å². The molecule has 0 aromatic heterocycles. The summed E-state index contributed by atoms with van der Waals surface area (Å²) >= 11 is 0. The highest BCUT2D eigenvalue weighted by Crippen LogP contribution is 2.00. The molecular weight excluding hydrogens is 194 g/mol. The van der Waals surface area contributed by atoms with E-state index in [0.29, 0.717) is 6.54 Å². The van der Waals surface area contributed by atoms with Gasteiger partial charge in [0.2, 0.25) is 0 Å². The predicted octanol–water partition coefficient (Wildman–Crippen LogP) is 0.176. The molecule has 0 saturated carbocycles. The fraction of sp³-hybridized carbons (Fsp3) is 0.400. The maximum Gasteiger partial charge on any atom is 0.423 e. The number of hydrogen-bond donors (Lipinski definition) is 1. The summed E-state index contributed by atoms with van der Waals surface area (Å²) in [5.74, 6) is 0. The average Bonchev–Trinajstić information content (AvgIpc) is 2.23. The SMILES string of the molecule is CO[Si](OC)c1ccccc1CCN. The van der Waals surface area contributed by atoms with Crippen LogP contribution >= 0.6 is 0 Å². The van der Waals surface area contributed by atoms with Crippen LogP contribution in [0.4, 0.5) is 0 Å². The van der Waals surface area contributed by atoms with E-state index in [1.54, 1.807) is 14.2 Å². The summed E-state index contributed by atoms with van der Waals surface area (Å²) in [5.41, 5.74) is 6.77. The first-order chi connectivity index (χ1) is 6.83. The summed E-state index contributed by atoms with van der Waals surface area (Å²) in [6.45, 7) is 0.652.